The molecule has 0 aliphatic heterocycles. The number of aryl methyl sites for hydroxylation is 1. The molecule has 1 aliphatic carbocycles. The fraction of sp³-hybridized carbons (Fsp3) is 0.706. The van der Waals surface area contributed by atoms with E-state index in [-0.39, 0.29) is 0 Å². The lowest BCUT2D eigenvalue weighted by molar-refractivity contribution is 0.551. The van der Waals surface area contributed by atoms with Crippen molar-refractivity contribution >= 4 is 5.82 Å². The number of pyridine rings is 1. The molecule has 112 valence electrons. The van der Waals surface area contributed by atoms with Crippen LogP contribution in [0.15, 0.2) is 12.1 Å². The molecule has 2 unspecified atom stereocenters. The number of nitrogens with one attached hydrogen (secondary N) is 1. The molecule has 0 bridgehead atoms. The van der Waals surface area contributed by atoms with Crippen LogP contribution >= 0.6 is 0 Å². The summed E-state index contributed by atoms with van der Waals surface area (Å²) >= 11 is 0. The molecule has 3 heteroatoms. The second-order valence-electron chi connectivity index (χ2n) is 6.79. The van der Waals surface area contributed by atoms with Crippen LogP contribution in [0.5, 0.6) is 0 Å². The predicted molar refractivity (Wildman–Crippen MR) is 86.1 cm³/mol. The zero-order valence-electron chi connectivity index (χ0n) is 13.6. The summed E-state index contributed by atoms with van der Waals surface area (Å²) in [4.78, 5) is 7.06. The maximum atomic E-state index is 4.76. The molecule has 0 aromatic carbocycles. The third-order valence-electron chi connectivity index (χ3n) is 4.22. The Morgan fingerprint density at radius 3 is 2.65 bits per heavy atom. The van der Waals surface area contributed by atoms with Crippen LogP contribution in [0.4, 0.5) is 5.82 Å². The molecule has 3 nitrogen and oxygen atoms in total. The van der Waals surface area contributed by atoms with Crippen molar-refractivity contribution in [3.8, 4) is 0 Å². The molecule has 0 saturated heterocycles. The van der Waals surface area contributed by atoms with E-state index in [1.54, 1.807) is 0 Å². The van der Waals surface area contributed by atoms with Crippen LogP contribution in [0.2, 0.25) is 0 Å². The maximum Gasteiger partial charge on any atom is 0.128 e. The fourth-order valence-corrected chi connectivity index (χ4v) is 2.57. The van der Waals surface area contributed by atoms with Gasteiger partial charge in [-0.15, -0.1) is 0 Å². The standard InChI is InChI=1S/C17H29N3/c1-12(2)9-18-10-15-6-7-17(19-14(15)4)20(5)11-16-8-13(16)3/h6-7,12-13,16,18H,8-11H2,1-5H3. The Morgan fingerprint density at radius 2 is 2.10 bits per heavy atom. The van der Waals surface area contributed by atoms with Crippen LogP contribution in [-0.2, 0) is 6.54 Å². The van der Waals surface area contributed by atoms with Gasteiger partial charge >= 0.3 is 0 Å². The van der Waals surface area contributed by atoms with Gasteiger partial charge in [0.05, 0.1) is 0 Å². The van der Waals surface area contributed by atoms with Gasteiger partial charge in [0.2, 0.25) is 0 Å². The topological polar surface area (TPSA) is 28.2 Å². The first-order valence-electron chi connectivity index (χ1n) is 7.85. The molecule has 1 N–H and O–H groups in total. The molecular weight excluding hydrogens is 246 g/mol. The van der Waals surface area contributed by atoms with E-state index in [0.717, 1.165) is 43.0 Å². The molecule has 20 heavy (non-hydrogen) atoms. The largest absolute Gasteiger partial charge is 0.359 e. The summed E-state index contributed by atoms with van der Waals surface area (Å²) < 4.78 is 0. The number of nitrogens with zero attached hydrogens (tertiary/aromatic N) is 2. The number of hydrogen-bond acceptors (Lipinski definition) is 3. The van der Waals surface area contributed by atoms with Crippen LogP contribution in [0.3, 0.4) is 0 Å². The van der Waals surface area contributed by atoms with Gasteiger partial charge in [0, 0.05) is 25.8 Å². The third-order valence-corrected chi connectivity index (χ3v) is 4.22. The summed E-state index contributed by atoms with van der Waals surface area (Å²) in [5, 5.41) is 3.49. The lowest BCUT2D eigenvalue weighted by Gasteiger charge is -2.19. The van der Waals surface area contributed by atoms with E-state index < -0.39 is 0 Å². The van der Waals surface area contributed by atoms with Gasteiger partial charge in [-0.1, -0.05) is 26.8 Å². The average Bonchev–Trinajstić information content (AvgIpc) is 3.06. The van der Waals surface area contributed by atoms with E-state index in [2.05, 4.69) is 57.1 Å². The molecule has 2 rings (SSSR count). The van der Waals surface area contributed by atoms with Gasteiger partial charge in [-0.3, -0.25) is 0 Å². The first kappa shape index (κ1) is 15.3. The molecule has 1 heterocycles. The molecule has 1 fully saturated rings. The van der Waals surface area contributed by atoms with Crippen molar-refractivity contribution in [2.24, 2.45) is 17.8 Å². The maximum absolute atomic E-state index is 4.76. The number of anilines is 1. The van der Waals surface area contributed by atoms with Crippen molar-refractivity contribution in [3.63, 3.8) is 0 Å². The summed E-state index contributed by atoms with van der Waals surface area (Å²) in [6, 6.07) is 4.38. The van der Waals surface area contributed by atoms with Gasteiger partial charge in [0.25, 0.3) is 0 Å². The highest BCUT2D eigenvalue weighted by Gasteiger charge is 2.33. The van der Waals surface area contributed by atoms with E-state index in [1.165, 1.54) is 12.0 Å². The minimum Gasteiger partial charge on any atom is -0.359 e. The van der Waals surface area contributed by atoms with Crippen LogP contribution in [0.25, 0.3) is 0 Å². The summed E-state index contributed by atoms with van der Waals surface area (Å²) in [5.41, 5.74) is 2.46. The molecule has 0 amide bonds. The number of aromatic nitrogens is 1. The summed E-state index contributed by atoms with van der Waals surface area (Å²) in [6.07, 6.45) is 1.38. The minimum atomic E-state index is 0.689. The van der Waals surface area contributed by atoms with Crippen molar-refractivity contribution in [1.29, 1.82) is 0 Å². The van der Waals surface area contributed by atoms with Crippen molar-refractivity contribution in [3.05, 3.63) is 23.4 Å². The Labute approximate surface area is 123 Å². The van der Waals surface area contributed by atoms with Gasteiger partial charge < -0.3 is 10.2 Å². The quantitative estimate of drug-likeness (QED) is 0.828. The Morgan fingerprint density at radius 1 is 1.40 bits per heavy atom. The van der Waals surface area contributed by atoms with E-state index >= 15 is 0 Å². The summed E-state index contributed by atoms with van der Waals surface area (Å²) in [6.45, 7) is 12.0. The molecule has 0 radical (unpaired) electrons. The van der Waals surface area contributed by atoms with Gasteiger partial charge in [-0.2, -0.15) is 0 Å². The van der Waals surface area contributed by atoms with Crippen molar-refractivity contribution in [1.82, 2.24) is 10.3 Å². The van der Waals surface area contributed by atoms with Crippen LogP contribution in [0.1, 0.15) is 38.4 Å². The highest BCUT2D eigenvalue weighted by molar-refractivity contribution is 5.41. The zero-order valence-corrected chi connectivity index (χ0v) is 13.6. The smallest absolute Gasteiger partial charge is 0.128 e. The summed E-state index contributed by atoms with van der Waals surface area (Å²) in [5.74, 6) is 3.57. The monoisotopic (exact) mass is 275 g/mol. The SMILES string of the molecule is Cc1nc(N(C)CC2CC2C)ccc1CNCC(C)C. The van der Waals surface area contributed by atoms with Crippen molar-refractivity contribution < 1.29 is 0 Å². The van der Waals surface area contributed by atoms with Gasteiger partial charge in [0.15, 0.2) is 0 Å². The van der Waals surface area contributed by atoms with Crippen LogP contribution in [0, 0.1) is 24.7 Å². The first-order chi connectivity index (χ1) is 9.47. The second-order valence-corrected chi connectivity index (χ2v) is 6.79. The minimum absolute atomic E-state index is 0.689. The fourth-order valence-electron chi connectivity index (χ4n) is 2.57. The molecular formula is C17H29N3. The average molecular weight is 275 g/mol. The molecule has 1 aromatic rings. The lowest BCUT2D eigenvalue weighted by atomic mass is 10.1. The Balaban J connectivity index is 1.90. The number of rotatable bonds is 7. The van der Waals surface area contributed by atoms with Crippen molar-refractivity contribution in [2.75, 3.05) is 25.0 Å². The Bertz CT molecular complexity index is 442. The van der Waals surface area contributed by atoms with Crippen molar-refractivity contribution in [2.45, 2.75) is 40.7 Å². The normalized spacial score (nSPS) is 21.3. The van der Waals surface area contributed by atoms with E-state index in [9.17, 15) is 0 Å². The zero-order chi connectivity index (χ0) is 14.7. The van der Waals surface area contributed by atoms with Gasteiger partial charge in [0.1, 0.15) is 5.82 Å². The van der Waals surface area contributed by atoms with E-state index in [4.69, 9.17) is 4.98 Å². The molecule has 1 aromatic heterocycles. The van der Waals surface area contributed by atoms with Crippen LogP contribution < -0.4 is 10.2 Å². The molecule has 1 aliphatic rings. The molecule has 2 atom stereocenters. The number of hydrogen-bond donors (Lipinski definition) is 1. The molecule has 0 spiro atoms. The highest BCUT2D eigenvalue weighted by atomic mass is 15.2. The summed E-state index contributed by atoms with van der Waals surface area (Å²) in [7, 11) is 2.16. The Kier molecular flexibility index (Phi) is 5.03. The van der Waals surface area contributed by atoms with Gasteiger partial charge in [-0.25, -0.2) is 4.98 Å². The molecule has 1 saturated carbocycles. The third kappa shape index (κ3) is 4.20. The lowest BCUT2D eigenvalue weighted by Crippen LogP contribution is -2.23. The highest BCUT2D eigenvalue weighted by Crippen LogP contribution is 2.38. The van der Waals surface area contributed by atoms with Crippen LogP contribution in [-0.4, -0.2) is 25.1 Å². The predicted octanol–water partition coefficient (Wildman–Crippen LogP) is 3.23. The Hall–Kier alpha value is -1.09. The second kappa shape index (κ2) is 6.57. The van der Waals surface area contributed by atoms with E-state index in [1.807, 2.05) is 0 Å². The first-order valence-corrected chi connectivity index (χ1v) is 7.85. The van der Waals surface area contributed by atoms with Gasteiger partial charge in [-0.05, 0) is 49.3 Å². The van der Waals surface area contributed by atoms with E-state index in [0.29, 0.717) is 5.92 Å².